The summed E-state index contributed by atoms with van der Waals surface area (Å²) < 4.78 is 24.8. The van der Waals surface area contributed by atoms with Gasteiger partial charge in [-0.2, -0.15) is 0 Å². The summed E-state index contributed by atoms with van der Waals surface area (Å²) in [5, 5.41) is 3.46. The highest BCUT2D eigenvalue weighted by Crippen LogP contribution is 2.28. The van der Waals surface area contributed by atoms with Crippen LogP contribution in [-0.4, -0.2) is 43.2 Å². The number of rotatable bonds is 4. The Balaban J connectivity index is 2.06. The summed E-state index contributed by atoms with van der Waals surface area (Å²) in [5.41, 5.74) is 0. The van der Waals surface area contributed by atoms with E-state index in [4.69, 9.17) is 11.6 Å². The van der Waals surface area contributed by atoms with E-state index in [2.05, 4.69) is 10.3 Å². The molecule has 1 aliphatic rings. The van der Waals surface area contributed by atoms with E-state index in [1.54, 1.807) is 12.1 Å². The molecule has 18 heavy (non-hydrogen) atoms. The Labute approximate surface area is 112 Å². The van der Waals surface area contributed by atoms with Crippen LogP contribution in [0.5, 0.6) is 0 Å². The first-order valence-corrected chi connectivity index (χ1v) is 7.56. The lowest BCUT2D eigenvalue weighted by molar-refractivity contribution is 0.453. The van der Waals surface area contributed by atoms with E-state index in [1.165, 1.54) is 24.6 Å². The summed E-state index contributed by atoms with van der Waals surface area (Å²) in [4.78, 5) is 4.31. The molecule has 0 unspecified atom stereocenters. The Bertz CT molecular complexity index is 510. The summed E-state index contributed by atoms with van der Waals surface area (Å²) in [7, 11) is -0.408. The first kappa shape index (κ1) is 13.6. The van der Waals surface area contributed by atoms with Crippen molar-refractivity contribution < 1.29 is 8.42 Å². The van der Waals surface area contributed by atoms with Gasteiger partial charge in [0.15, 0.2) is 0 Å². The molecule has 1 saturated carbocycles. The van der Waals surface area contributed by atoms with Crippen molar-refractivity contribution in [3.05, 3.63) is 18.3 Å². The summed E-state index contributed by atoms with van der Waals surface area (Å²) in [5.74, 6) is 0.682. The summed E-state index contributed by atoms with van der Waals surface area (Å²) >= 11 is 5.88. The zero-order chi connectivity index (χ0) is 13.3. The molecular formula is C11H16ClN3O2S. The van der Waals surface area contributed by atoms with Crippen LogP contribution in [0.4, 0.5) is 5.82 Å². The van der Waals surface area contributed by atoms with Crippen molar-refractivity contribution in [2.45, 2.75) is 29.2 Å². The van der Waals surface area contributed by atoms with E-state index in [-0.39, 0.29) is 10.3 Å². The number of hydrogen-bond acceptors (Lipinski definition) is 4. The van der Waals surface area contributed by atoms with E-state index >= 15 is 0 Å². The SMILES string of the molecule is CN(C)S(=O)(=O)c1ccc(NC2CC(Cl)C2)nc1. The summed E-state index contributed by atoms with van der Waals surface area (Å²) in [6.45, 7) is 0. The van der Waals surface area contributed by atoms with Gasteiger partial charge in [-0.15, -0.1) is 11.6 Å². The molecule has 0 spiro atoms. The number of anilines is 1. The number of halogens is 1. The first-order chi connectivity index (χ1) is 8.39. The fourth-order valence-corrected chi connectivity index (χ4v) is 2.98. The highest BCUT2D eigenvalue weighted by atomic mass is 35.5. The topological polar surface area (TPSA) is 62.3 Å². The molecule has 0 saturated heterocycles. The third kappa shape index (κ3) is 2.76. The third-order valence-corrected chi connectivity index (χ3v) is 5.10. The normalized spacial score (nSPS) is 23.8. The van der Waals surface area contributed by atoms with Crippen molar-refractivity contribution in [2.24, 2.45) is 0 Å². The molecule has 1 N–H and O–H groups in total. The monoisotopic (exact) mass is 289 g/mol. The first-order valence-electron chi connectivity index (χ1n) is 5.69. The molecule has 5 nitrogen and oxygen atoms in total. The van der Waals surface area contributed by atoms with Crippen LogP contribution in [-0.2, 0) is 10.0 Å². The Morgan fingerprint density at radius 1 is 1.39 bits per heavy atom. The maximum absolute atomic E-state index is 11.8. The van der Waals surface area contributed by atoms with Crippen molar-refractivity contribution in [1.29, 1.82) is 0 Å². The molecule has 0 aromatic carbocycles. The number of sulfonamides is 1. The number of nitrogens with one attached hydrogen (secondary N) is 1. The lowest BCUT2D eigenvalue weighted by atomic mass is 9.92. The van der Waals surface area contributed by atoms with Crippen molar-refractivity contribution in [3.8, 4) is 0 Å². The van der Waals surface area contributed by atoms with Gasteiger partial charge in [0.05, 0.1) is 0 Å². The Hall–Kier alpha value is -0.850. The summed E-state index contributed by atoms with van der Waals surface area (Å²) in [6.07, 6.45) is 3.20. The van der Waals surface area contributed by atoms with Gasteiger partial charge in [-0.3, -0.25) is 0 Å². The Morgan fingerprint density at radius 2 is 2.06 bits per heavy atom. The van der Waals surface area contributed by atoms with Gasteiger partial charge in [0.25, 0.3) is 0 Å². The van der Waals surface area contributed by atoms with E-state index < -0.39 is 10.0 Å². The van der Waals surface area contributed by atoms with Crippen LogP contribution in [0.2, 0.25) is 0 Å². The minimum absolute atomic E-state index is 0.196. The minimum Gasteiger partial charge on any atom is -0.367 e. The smallest absolute Gasteiger partial charge is 0.244 e. The fourth-order valence-electron chi connectivity index (χ4n) is 1.70. The highest BCUT2D eigenvalue weighted by Gasteiger charge is 2.27. The number of nitrogens with zero attached hydrogens (tertiary/aromatic N) is 2. The van der Waals surface area contributed by atoms with Gasteiger partial charge < -0.3 is 5.32 Å². The van der Waals surface area contributed by atoms with E-state index in [0.29, 0.717) is 11.9 Å². The van der Waals surface area contributed by atoms with Gasteiger partial charge in [0, 0.05) is 31.7 Å². The predicted molar refractivity (Wildman–Crippen MR) is 71.4 cm³/mol. The second kappa shape index (κ2) is 5.03. The lowest BCUT2D eigenvalue weighted by Gasteiger charge is -2.31. The number of pyridine rings is 1. The van der Waals surface area contributed by atoms with Crippen LogP contribution < -0.4 is 5.32 Å². The quantitative estimate of drug-likeness (QED) is 0.854. The van der Waals surface area contributed by atoms with Crippen LogP contribution in [0.25, 0.3) is 0 Å². The molecule has 0 radical (unpaired) electrons. The molecule has 0 aliphatic heterocycles. The predicted octanol–water partition coefficient (Wildman–Crippen LogP) is 1.51. The maximum atomic E-state index is 11.8. The molecule has 2 rings (SSSR count). The molecule has 1 aliphatic carbocycles. The number of alkyl halides is 1. The Kier molecular flexibility index (Phi) is 3.79. The molecule has 1 aromatic rings. The maximum Gasteiger partial charge on any atom is 0.244 e. The molecule has 1 heterocycles. The molecule has 0 atom stereocenters. The minimum atomic E-state index is -3.40. The van der Waals surface area contributed by atoms with Gasteiger partial charge in [-0.1, -0.05) is 0 Å². The standard InChI is InChI=1S/C11H16ClN3O2S/c1-15(2)18(16,17)10-3-4-11(13-7-10)14-9-5-8(12)6-9/h3-4,7-9H,5-6H2,1-2H3,(H,13,14). The third-order valence-electron chi connectivity index (χ3n) is 2.95. The fraction of sp³-hybridized carbons (Fsp3) is 0.545. The molecule has 100 valence electrons. The van der Waals surface area contributed by atoms with Gasteiger partial charge in [0.1, 0.15) is 10.7 Å². The van der Waals surface area contributed by atoms with Crippen molar-refractivity contribution in [1.82, 2.24) is 9.29 Å². The van der Waals surface area contributed by atoms with Gasteiger partial charge in [-0.25, -0.2) is 17.7 Å². The number of aromatic nitrogens is 1. The van der Waals surface area contributed by atoms with E-state index in [9.17, 15) is 8.42 Å². The van der Waals surface area contributed by atoms with Crippen LogP contribution >= 0.6 is 11.6 Å². The van der Waals surface area contributed by atoms with Crippen LogP contribution in [0.1, 0.15) is 12.8 Å². The second-order valence-electron chi connectivity index (χ2n) is 4.58. The molecule has 7 heteroatoms. The zero-order valence-corrected chi connectivity index (χ0v) is 11.9. The Morgan fingerprint density at radius 3 is 2.50 bits per heavy atom. The average Bonchev–Trinajstić information content (AvgIpc) is 2.27. The van der Waals surface area contributed by atoms with Gasteiger partial charge in [-0.05, 0) is 25.0 Å². The van der Waals surface area contributed by atoms with E-state index in [0.717, 1.165) is 12.8 Å². The van der Waals surface area contributed by atoms with Gasteiger partial charge in [0.2, 0.25) is 10.0 Å². The molecule has 1 fully saturated rings. The van der Waals surface area contributed by atoms with Crippen LogP contribution in [0.15, 0.2) is 23.2 Å². The van der Waals surface area contributed by atoms with E-state index in [1.807, 2.05) is 0 Å². The molecular weight excluding hydrogens is 274 g/mol. The number of hydrogen-bond donors (Lipinski definition) is 1. The lowest BCUT2D eigenvalue weighted by Crippen LogP contribution is -2.36. The van der Waals surface area contributed by atoms with Crippen molar-refractivity contribution in [3.63, 3.8) is 0 Å². The average molecular weight is 290 g/mol. The highest BCUT2D eigenvalue weighted by molar-refractivity contribution is 7.89. The van der Waals surface area contributed by atoms with Gasteiger partial charge >= 0.3 is 0 Å². The summed E-state index contributed by atoms with van der Waals surface area (Å²) in [6, 6.07) is 3.58. The molecule has 0 bridgehead atoms. The largest absolute Gasteiger partial charge is 0.367 e. The van der Waals surface area contributed by atoms with Crippen LogP contribution in [0.3, 0.4) is 0 Å². The van der Waals surface area contributed by atoms with Crippen LogP contribution in [0, 0.1) is 0 Å². The molecule has 0 amide bonds. The zero-order valence-electron chi connectivity index (χ0n) is 10.3. The second-order valence-corrected chi connectivity index (χ2v) is 7.35. The molecule has 1 aromatic heterocycles. The van der Waals surface area contributed by atoms with Crippen molar-refractivity contribution in [2.75, 3.05) is 19.4 Å². The van der Waals surface area contributed by atoms with Crippen molar-refractivity contribution >= 4 is 27.4 Å².